The first-order valence-electron chi connectivity index (χ1n) is 6.83. The Balaban J connectivity index is 2.01. The largest absolute Gasteiger partial charge is 0.361 e. The highest BCUT2D eigenvalue weighted by Crippen LogP contribution is 2.26. The predicted molar refractivity (Wildman–Crippen MR) is 84.2 cm³/mol. The molecule has 19 heavy (non-hydrogen) atoms. The van der Waals surface area contributed by atoms with Crippen molar-refractivity contribution in [2.75, 3.05) is 17.6 Å². The molecule has 0 aliphatic carbocycles. The third-order valence-electron chi connectivity index (χ3n) is 2.66. The molecule has 0 aliphatic heterocycles. The van der Waals surface area contributed by atoms with E-state index < -0.39 is 0 Å². The van der Waals surface area contributed by atoms with Crippen LogP contribution in [0.15, 0.2) is 11.4 Å². The molecule has 0 bridgehead atoms. The number of fused-ring (bicyclic) bond motifs is 1. The molecule has 2 aromatic heterocycles. The molecule has 0 saturated carbocycles. The van der Waals surface area contributed by atoms with Crippen molar-refractivity contribution in [2.45, 2.75) is 44.7 Å². The van der Waals surface area contributed by atoms with E-state index in [1.165, 1.54) is 25.7 Å². The minimum atomic E-state index is 0.865. The van der Waals surface area contributed by atoms with Gasteiger partial charge in [-0.1, -0.05) is 49.8 Å². The molecule has 6 heteroatoms. The summed E-state index contributed by atoms with van der Waals surface area (Å²) in [7, 11) is 0. The second-order valence-electron chi connectivity index (χ2n) is 4.34. The lowest BCUT2D eigenvalue weighted by Crippen LogP contribution is -1.99. The van der Waals surface area contributed by atoms with Crippen LogP contribution in [0, 0.1) is 0 Å². The number of nitrogens with zero attached hydrogens (tertiary/aromatic N) is 3. The van der Waals surface area contributed by atoms with Gasteiger partial charge in [0.05, 0.1) is 6.20 Å². The first-order valence-corrected chi connectivity index (χ1v) is 8.64. The van der Waals surface area contributed by atoms with Crippen LogP contribution in [0.5, 0.6) is 0 Å². The van der Waals surface area contributed by atoms with Gasteiger partial charge in [0.25, 0.3) is 0 Å². The summed E-state index contributed by atoms with van der Waals surface area (Å²) in [5.74, 6) is 1.09. The van der Waals surface area contributed by atoms with Gasteiger partial charge in [-0.3, -0.25) is 0 Å². The van der Waals surface area contributed by atoms with Gasteiger partial charge in [0, 0.05) is 12.3 Å². The smallest absolute Gasteiger partial charge is 0.189 e. The van der Waals surface area contributed by atoms with Crippen LogP contribution in [0.2, 0.25) is 0 Å². The minimum Gasteiger partial charge on any atom is -0.361 e. The maximum atomic E-state index is 4.56. The van der Waals surface area contributed by atoms with Crippen molar-refractivity contribution in [1.29, 1.82) is 0 Å². The third-order valence-corrected chi connectivity index (χ3v) is 4.53. The summed E-state index contributed by atoms with van der Waals surface area (Å²) in [5.41, 5.74) is 0.892. The van der Waals surface area contributed by atoms with E-state index in [0.717, 1.165) is 32.9 Å². The van der Waals surface area contributed by atoms with E-state index in [-0.39, 0.29) is 0 Å². The Hall–Kier alpha value is -0.880. The summed E-state index contributed by atoms with van der Waals surface area (Å²) < 4.78 is 0. The molecule has 0 aromatic carbocycles. The number of anilines is 1. The van der Waals surface area contributed by atoms with Crippen LogP contribution in [-0.2, 0) is 0 Å². The number of unbranched alkanes of at least 4 members (excludes halogenated alkanes) is 2. The van der Waals surface area contributed by atoms with Crippen molar-refractivity contribution in [2.24, 2.45) is 0 Å². The van der Waals surface area contributed by atoms with E-state index >= 15 is 0 Å². The zero-order valence-electron chi connectivity index (χ0n) is 11.5. The molecule has 0 spiro atoms. The SMILES string of the molecule is CCCCNc1nc2cnc(SCCCC)nc2s1. The maximum absolute atomic E-state index is 4.56. The van der Waals surface area contributed by atoms with Gasteiger partial charge in [0.15, 0.2) is 10.3 Å². The molecule has 104 valence electrons. The van der Waals surface area contributed by atoms with Gasteiger partial charge in [0.2, 0.25) is 0 Å². The average molecular weight is 296 g/mol. The number of hydrogen-bond acceptors (Lipinski definition) is 6. The fraction of sp³-hybridized carbons (Fsp3) is 0.615. The highest BCUT2D eigenvalue weighted by molar-refractivity contribution is 7.99. The number of thiazole rings is 1. The summed E-state index contributed by atoms with van der Waals surface area (Å²) in [6.45, 7) is 5.36. The van der Waals surface area contributed by atoms with E-state index in [4.69, 9.17) is 0 Å². The number of nitrogens with one attached hydrogen (secondary N) is 1. The Morgan fingerprint density at radius 3 is 2.84 bits per heavy atom. The fourth-order valence-electron chi connectivity index (χ4n) is 1.55. The number of thioether (sulfide) groups is 1. The average Bonchev–Trinajstić information content (AvgIpc) is 2.81. The van der Waals surface area contributed by atoms with Gasteiger partial charge in [-0.05, 0) is 12.8 Å². The molecule has 2 aromatic rings. The van der Waals surface area contributed by atoms with Crippen molar-refractivity contribution in [3.8, 4) is 0 Å². The molecule has 0 atom stereocenters. The second-order valence-corrected chi connectivity index (χ2v) is 6.38. The monoisotopic (exact) mass is 296 g/mol. The van der Waals surface area contributed by atoms with Gasteiger partial charge >= 0.3 is 0 Å². The molecule has 0 unspecified atom stereocenters. The molecular formula is C13H20N4S2. The molecule has 0 radical (unpaired) electrons. The van der Waals surface area contributed by atoms with Gasteiger partial charge in [-0.25, -0.2) is 15.0 Å². The summed E-state index contributed by atoms with van der Waals surface area (Å²) >= 11 is 3.34. The van der Waals surface area contributed by atoms with Gasteiger partial charge in [-0.2, -0.15) is 0 Å². The number of rotatable bonds is 8. The molecular weight excluding hydrogens is 276 g/mol. The highest BCUT2D eigenvalue weighted by atomic mass is 32.2. The molecule has 2 heterocycles. The highest BCUT2D eigenvalue weighted by Gasteiger charge is 2.07. The Morgan fingerprint density at radius 1 is 1.21 bits per heavy atom. The summed E-state index contributed by atoms with van der Waals surface area (Å²) in [6, 6.07) is 0. The maximum Gasteiger partial charge on any atom is 0.189 e. The number of aromatic nitrogens is 3. The summed E-state index contributed by atoms with van der Waals surface area (Å²) in [4.78, 5) is 14.4. The van der Waals surface area contributed by atoms with E-state index in [1.54, 1.807) is 23.1 Å². The molecule has 0 saturated heterocycles. The first kappa shape index (κ1) is 14.5. The van der Waals surface area contributed by atoms with Crippen LogP contribution in [0.3, 0.4) is 0 Å². The first-order chi connectivity index (χ1) is 9.33. The van der Waals surface area contributed by atoms with E-state index in [0.29, 0.717) is 0 Å². The molecule has 1 N–H and O–H groups in total. The van der Waals surface area contributed by atoms with E-state index in [2.05, 4.69) is 34.1 Å². The summed E-state index contributed by atoms with van der Waals surface area (Å²) in [6.07, 6.45) is 6.60. The Bertz CT molecular complexity index is 504. The van der Waals surface area contributed by atoms with Crippen molar-refractivity contribution in [3.05, 3.63) is 6.20 Å². The van der Waals surface area contributed by atoms with Gasteiger partial charge in [-0.15, -0.1) is 0 Å². The Labute approximate surface area is 122 Å². The van der Waals surface area contributed by atoms with Crippen molar-refractivity contribution in [1.82, 2.24) is 15.0 Å². The van der Waals surface area contributed by atoms with Crippen LogP contribution in [0.25, 0.3) is 10.3 Å². The summed E-state index contributed by atoms with van der Waals surface area (Å²) in [5, 5.41) is 5.16. The quantitative estimate of drug-likeness (QED) is 0.449. The van der Waals surface area contributed by atoms with Crippen molar-refractivity contribution >= 4 is 38.6 Å². The van der Waals surface area contributed by atoms with Crippen molar-refractivity contribution < 1.29 is 0 Å². The predicted octanol–water partition coefficient (Wildman–Crippen LogP) is 4.19. The Morgan fingerprint density at radius 2 is 2.05 bits per heavy atom. The van der Waals surface area contributed by atoms with Crippen LogP contribution in [0.4, 0.5) is 5.13 Å². The zero-order chi connectivity index (χ0) is 13.5. The standard InChI is InChI=1S/C13H20N4S2/c1-3-5-7-14-13-16-10-9-15-12(17-11(10)19-13)18-8-6-4-2/h9H,3-8H2,1-2H3,(H,14,16). The molecule has 0 amide bonds. The second kappa shape index (κ2) is 7.65. The number of hydrogen-bond donors (Lipinski definition) is 1. The van der Waals surface area contributed by atoms with Gasteiger partial charge < -0.3 is 5.32 Å². The third kappa shape index (κ3) is 4.31. The Kier molecular flexibility index (Phi) is 5.85. The lowest BCUT2D eigenvalue weighted by molar-refractivity contribution is 0.833. The normalized spacial score (nSPS) is 11.1. The van der Waals surface area contributed by atoms with Gasteiger partial charge in [0.1, 0.15) is 10.3 Å². The van der Waals surface area contributed by atoms with Crippen molar-refractivity contribution in [3.63, 3.8) is 0 Å². The minimum absolute atomic E-state index is 0.865. The van der Waals surface area contributed by atoms with Crippen LogP contribution < -0.4 is 5.32 Å². The van der Waals surface area contributed by atoms with E-state index in [9.17, 15) is 0 Å². The van der Waals surface area contributed by atoms with Crippen LogP contribution >= 0.6 is 23.1 Å². The lowest BCUT2D eigenvalue weighted by Gasteiger charge is -1.98. The molecule has 0 aliphatic rings. The van der Waals surface area contributed by atoms with E-state index in [1.807, 2.05) is 6.20 Å². The topological polar surface area (TPSA) is 50.7 Å². The zero-order valence-corrected chi connectivity index (χ0v) is 13.1. The van der Waals surface area contributed by atoms with Crippen LogP contribution in [0.1, 0.15) is 39.5 Å². The fourth-order valence-corrected chi connectivity index (χ4v) is 3.34. The lowest BCUT2D eigenvalue weighted by atomic mass is 10.3. The molecule has 2 rings (SSSR count). The van der Waals surface area contributed by atoms with Crippen LogP contribution in [-0.4, -0.2) is 27.2 Å². The molecule has 4 nitrogen and oxygen atoms in total. The molecule has 0 fully saturated rings.